The number of primary amides is 1. The van der Waals surface area contributed by atoms with Gasteiger partial charge < -0.3 is 57.0 Å². The Balaban J connectivity index is 0.918. The molecule has 1 aliphatic rings. The smallest absolute Gasteiger partial charge is 0.407 e. The van der Waals surface area contributed by atoms with Gasteiger partial charge in [0.2, 0.25) is 41.4 Å². The summed E-state index contributed by atoms with van der Waals surface area (Å²) in [6.07, 6.45) is 1.74. The molecule has 1 saturated heterocycles. The van der Waals surface area contributed by atoms with Crippen molar-refractivity contribution in [2.24, 2.45) is 5.73 Å². The number of nitrogens with two attached hydrogens (primary N) is 1. The van der Waals surface area contributed by atoms with Crippen molar-refractivity contribution in [3.8, 4) is 0 Å². The Morgan fingerprint density at radius 3 is 1.52 bits per heavy atom. The first-order valence-electron chi connectivity index (χ1n) is 34.9. The quantitative estimate of drug-likeness (QED) is 0.0108. The molecule has 7 aromatic carbocycles. The average molecular weight is 1430 g/mol. The van der Waals surface area contributed by atoms with Crippen LogP contribution in [-0.2, 0) is 63.7 Å². The van der Waals surface area contributed by atoms with E-state index in [9.17, 15) is 33.6 Å². The van der Waals surface area contributed by atoms with Gasteiger partial charge in [-0.3, -0.25) is 38.4 Å². The number of thioether (sulfide) groups is 2. The minimum Gasteiger partial charge on any atom is -0.460 e. The Bertz CT molecular complexity index is 3970. The molecular formula is C81H93N9O11S2. The summed E-state index contributed by atoms with van der Waals surface area (Å²) < 4.78 is 9.47. The molecule has 2 heterocycles. The Kier molecular flexibility index (Phi) is 27.0. The van der Waals surface area contributed by atoms with Crippen LogP contribution in [0.15, 0.2) is 212 Å². The number of ether oxygens (including phenoxy) is 2. The van der Waals surface area contributed by atoms with Crippen LogP contribution in [0.1, 0.15) is 125 Å². The van der Waals surface area contributed by atoms with Gasteiger partial charge in [-0.1, -0.05) is 200 Å². The molecule has 22 heteroatoms. The van der Waals surface area contributed by atoms with Crippen molar-refractivity contribution in [3.63, 3.8) is 0 Å². The molecule has 0 radical (unpaired) electrons. The number of unbranched alkanes of at least 4 members (excludes halogenated alkanes) is 1. The maximum Gasteiger partial charge on any atom is 0.407 e. The summed E-state index contributed by atoms with van der Waals surface area (Å²) in [6.45, 7) is 9.77. The van der Waals surface area contributed by atoms with Crippen LogP contribution in [0.5, 0.6) is 0 Å². The number of alkyl carbamates (subject to hydrolysis) is 1. The van der Waals surface area contributed by atoms with Gasteiger partial charge in [0, 0.05) is 54.5 Å². The molecule has 540 valence electrons. The highest BCUT2D eigenvalue weighted by Gasteiger charge is 2.43. The van der Waals surface area contributed by atoms with Crippen LogP contribution in [0.25, 0.3) is 10.9 Å². The normalized spacial score (nSPS) is 14.4. The maximum absolute atomic E-state index is 15.4. The van der Waals surface area contributed by atoms with E-state index in [-0.39, 0.29) is 44.5 Å². The van der Waals surface area contributed by atoms with Crippen molar-refractivity contribution < 1.29 is 52.6 Å². The second-order valence-electron chi connectivity index (χ2n) is 27.4. The van der Waals surface area contributed by atoms with E-state index in [1.165, 1.54) is 16.7 Å². The highest BCUT2D eigenvalue weighted by atomic mass is 32.2. The molecule has 0 saturated carbocycles. The first-order valence-corrected chi connectivity index (χ1v) is 36.8. The van der Waals surface area contributed by atoms with E-state index in [1.807, 2.05) is 170 Å². The molecule has 1 aliphatic heterocycles. The number of aromatic nitrogens is 1. The molecule has 5 unspecified atom stereocenters. The van der Waals surface area contributed by atoms with Gasteiger partial charge in [-0.15, -0.1) is 23.5 Å². The summed E-state index contributed by atoms with van der Waals surface area (Å²) in [4.78, 5) is 132. The van der Waals surface area contributed by atoms with Gasteiger partial charge in [-0.05, 0) is 119 Å². The van der Waals surface area contributed by atoms with Crippen molar-refractivity contribution in [3.05, 3.63) is 251 Å². The molecule has 103 heavy (non-hydrogen) atoms. The van der Waals surface area contributed by atoms with Crippen molar-refractivity contribution in [2.45, 2.75) is 144 Å². The second kappa shape index (κ2) is 36.1. The molecule has 5 atom stereocenters. The molecule has 9 rings (SSSR count). The standard InChI is InChI=1S/C81H93N9O11S2/c1-78(2,3)100-71(93)51-65(87-70(92)53-85-73(95)64(44-27-28-47-83-77(99)101-79(4,5)6)86-69(91)46-49-102-80(56-30-13-7-14-31-56,57-32-15-8-16-33-57)58-34-17-9-18-35-58)74(96)88-66(50-55-52-84-63-43-26-25-42-62(55)63)76(98)90-48-29-45-68(90)75(97)89-67(72(82)94)54-103-81(59-36-19-10-20-37-59,60-38-21-11-22-39-60)61-40-23-12-24-41-61/h7-26,30-43,52,64-68,84H,27-29,44-51,53-54H2,1-6H3,(H2,82,94)(H,83,99)(H,85,95)(H,86,91)(H,87,92)(H,88,96)(H,89,97). The van der Waals surface area contributed by atoms with Gasteiger partial charge in [-0.25, -0.2) is 4.79 Å². The number of carbonyl (C=O) groups is 9. The lowest BCUT2D eigenvalue weighted by Crippen LogP contribution is -2.59. The number of hydrogen-bond acceptors (Lipinski definition) is 13. The first kappa shape index (κ1) is 77.0. The van der Waals surface area contributed by atoms with Crippen LogP contribution in [0, 0.1) is 0 Å². The van der Waals surface area contributed by atoms with Crippen LogP contribution in [-0.4, -0.2) is 136 Å². The number of benzene rings is 7. The minimum atomic E-state index is -1.68. The molecule has 8 amide bonds. The average Bonchev–Trinajstić information content (AvgIpc) is 1.45. The van der Waals surface area contributed by atoms with Crippen molar-refractivity contribution >= 4 is 87.8 Å². The van der Waals surface area contributed by atoms with Gasteiger partial charge in [-0.2, -0.15) is 0 Å². The van der Waals surface area contributed by atoms with E-state index in [0.717, 1.165) is 44.3 Å². The number of likely N-dealkylation sites (tertiary alicyclic amines) is 1. The zero-order valence-electron chi connectivity index (χ0n) is 59.1. The lowest BCUT2D eigenvalue weighted by Gasteiger charge is -2.36. The number of para-hydroxylation sites is 1. The molecular weight excluding hydrogens is 1340 g/mol. The second-order valence-corrected chi connectivity index (χ2v) is 30.0. The Morgan fingerprint density at radius 2 is 1.02 bits per heavy atom. The highest BCUT2D eigenvalue weighted by molar-refractivity contribution is 8.01. The number of esters is 1. The van der Waals surface area contributed by atoms with E-state index in [4.69, 9.17) is 15.2 Å². The molecule has 8 aromatic rings. The number of fused-ring (bicyclic) bond motifs is 1. The Morgan fingerprint density at radius 1 is 0.534 bits per heavy atom. The van der Waals surface area contributed by atoms with Crippen molar-refractivity contribution in [2.75, 3.05) is 31.1 Å². The van der Waals surface area contributed by atoms with E-state index >= 15 is 9.59 Å². The number of aromatic amines is 1. The zero-order valence-corrected chi connectivity index (χ0v) is 60.8. The summed E-state index contributed by atoms with van der Waals surface area (Å²) in [6, 6.07) is 60.5. The number of nitrogens with zero attached hydrogens (tertiary/aromatic N) is 1. The third kappa shape index (κ3) is 21.0. The van der Waals surface area contributed by atoms with Gasteiger partial charge in [0.25, 0.3) is 0 Å². The maximum atomic E-state index is 15.4. The SMILES string of the molecule is CC(C)(C)OC(=O)CC(NC(=O)CNC(=O)C(CCCCNC(=O)OC(C)(C)C)NC(=O)CCSC(c1ccccc1)(c1ccccc1)c1ccccc1)C(=O)NC(Cc1c[nH]c2ccccc12)C(=O)N1CCCC1C(=O)NC(CSC(c1ccccc1)(c1ccccc1)c1ccccc1)C(N)=O. The topological polar surface area (TPSA) is 289 Å². The Labute approximate surface area is 610 Å². The van der Waals surface area contributed by atoms with E-state index < -0.39 is 117 Å². The predicted molar refractivity (Wildman–Crippen MR) is 403 cm³/mol. The molecule has 20 nitrogen and oxygen atoms in total. The summed E-state index contributed by atoms with van der Waals surface area (Å²) in [7, 11) is 0. The summed E-state index contributed by atoms with van der Waals surface area (Å²) in [5.41, 5.74) is 11.6. The number of carbonyl (C=O) groups excluding carboxylic acids is 9. The summed E-state index contributed by atoms with van der Waals surface area (Å²) >= 11 is 3.02. The third-order valence-corrected chi connectivity index (χ3v) is 20.7. The molecule has 1 fully saturated rings. The van der Waals surface area contributed by atoms with Crippen LogP contribution in [0.2, 0.25) is 0 Å². The predicted octanol–water partition coefficient (Wildman–Crippen LogP) is 10.5. The van der Waals surface area contributed by atoms with Crippen LogP contribution in [0.3, 0.4) is 0 Å². The number of H-pyrrole nitrogens is 1. The molecule has 0 spiro atoms. The number of amides is 8. The lowest BCUT2D eigenvalue weighted by atomic mass is 9.84. The lowest BCUT2D eigenvalue weighted by molar-refractivity contribution is -0.156. The fourth-order valence-electron chi connectivity index (χ4n) is 12.8. The first-order chi connectivity index (χ1) is 49.4. The Hall–Kier alpha value is -10.2. The summed E-state index contributed by atoms with van der Waals surface area (Å²) in [5.74, 6) is -5.57. The van der Waals surface area contributed by atoms with Crippen LogP contribution < -0.4 is 37.6 Å². The summed E-state index contributed by atoms with van der Waals surface area (Å²) in [5, 5.41) is 17.3. The molecule has 1 aromatic heterocycles. The van der Waals surface area contributed by atoms with Gasteiger partial charge in [0.1, 0.15) is 41.4 Å². The number of rotatable bonds is 33. The zero-order chi connectivity index (χ0) is 73.6. The third-order valence-electron chi connectivity index (χ3n) is 17.5. The highest BCUT2D eigenvalue weighted by Crippen LogP contribution is 2.50. The molecule has 0 bridgehead atoms. The van der Waals surface area contributed by atoms with Crippen LogP contribution in [0.4, 0.5) is 4.79 Å². The fourth-order valence-corrected chi connectivity index (χ4v) is 15.9. The molecule has 0 aliphatic carbocycles. The van der Waals surface area contributed by atoms with Gasteiger partial charge in [0.15, 0.2) is 0 Å². The van der Waals surface area contributed by atoms with E-state index in [1.54, 1.807) is 59.5 Å². The van der Waals surface area contributed by atoms with E-state index in [0.29, 0.717) is 30.6 Å². The number of hydrogen-bond donors (Lipinski definition) is 8. The monoisotopic (exact) mass is 1430 g/mol. The van der Waals surface area contributed by atoms with E-state index in [2.05, 4.69) is 73.3 Å². The largest absolute Gasteiger partial charge is 0.460 e. The van der Waals surface area contributed by atoms with Crippen LogP contribution >= 0.6 is 23.5 Å². The van der Waals surface area contributed by atoms with Gasteiger partial charge >= 0.3 is 12.1 Å². The van der Waals surface area contributed by atoms with Gasteiger partial charge in [0.05, 0.1) is 22.5 Å². The van der Waals surface area contributed by atoms with Crippen molar-refractivity contribution in [1.29, 1.82) is 0 Å². The van der Waals surface area contributed by atoms with Crippen molar-refractivity contribution in [1.82, 2.24) is 41.8 Å². The fraction of sp³-hybridized carbons (Fsp3) is 0.346. The minimum absolute atomic E-state index is 0.00347. The number of nitrogens with one attached hydrogen (secondary N) is 7. The molecule has 9 N–H and O–H groups in total.